The SMILES string of the molecule is CCCOC(=O)CCC(=O)c1c(C)nn(C)c1OC. The van der Waals surface area contributed by atoms with Gasteiger partial charge in [0.05, 0.1) is 25.8 Å². The second-order valence-corrected chi connectivity index (χ2v) is 4.24. The highest BCUT2D eigenvalue weighted by molar-refractivity contribution is 6.00. The summed E-state index contributed by atoms with van der Waals surface area (Å²) in [7, 11) is 3.20. The number of rotatable bonds is 7. The molecule has 1 aromatic heterocycles. The summed E-state index contributed by atoms with van der Waals surface area (Å²) in [5.41, 5.74) is 1.04. The van der Waals surface area contributed by atoms with E-state index in [1.54, 1.807) is 14.0 Å². The Bertz CT molecular complexity index is 465. The molecular formula is C13H20N2O4. The molecule has 19 heavy (non-hydrogen) atoms. The lowest BCUT2D eigenvalue weighted by molar-refractivity contribution is -0.143. The number of ether oxygens (including phenoxy) is 2. The summed E-state index contributed by atoms with van der Waals surface area (Å²) in [6.07, 6.45) is 0.955. The van der Waals surface area contributed by atoms with Crippen molar-refractivity contribution in [1.29, 1.82) is 0 Å². The third kappa shape index (κ3) is 3.81. The van der Waals surface area contributed by atoms with Crippen LogP contribution in [-0.2, 0) is 16.6 Å². The van der Waals surface area contributed by atoms with Crippen molar-refractivity contribution in [1.82, 2.24) is 9.78 Å². The maximum atomic E-state index is 12.1. The first kappa shape index (κ1) is 15.2. The van der Waals surface area contributed by atoms with Gasteiger partial charge in [-0.2, -0.15) is 5.10 Å². The van der Waals surface area contributed by atoms with Crippen molar-refractivity contribution < 1.29 is 19.1 Å². The van der Waals surface area contributed by atoms with Crippen molar-refractivity contribution in [3.05, 3.63) is 11.3 Å². The van der Waals surface area contributed by atoms with Crippen LogP contribution in [0.4, 0.5) is 0 Å². The van der Waals surface area contributed by atoms with Gasteiger partial charge in [0, 0.05) is 13.5 Å². The highest BCUT2D eigenvalue weighted by atomic mass is 16.5. The van der Waals surface area contributed by atoms with E-state index < -0.39 is 0 Å². The number of carbonyl (C=O) groups is 2. The van der Waals surface area contributed by atoms with Crippen molar-refractivity contribution in [3.63, 3.8) is 0 Å². The molecule has 106 valence electrons. The van der Waals surface area contributed by atoms with Gasteiger partial charge in [0.25, 0.3) is 0 Å². The van der Waals surface area contributed by atoms with Crippen LogP contribution in [0.5, 0.6) is 5.88 Å². The third-order valence-electron chi connectivity index (χ3n) is 2.67. The van der Waals surface area contributed by atoms with Crippen LogP contribution in [0.25, 0.3) is 0 Å². The zero-order valence-corrected chi connectivity index (χ0v) is 11.9. The van der Waals surface area contributed by atoms with E-state index in [1.807, 2.05) is 6.92 Å². The Labute approximate surface area is 112 Å². The molecule has 0 unspecified atom stereocenters. The van der Waals surface area contributed by atoms with Crippen molar-refractivity contribution in [2.45, 2.75) is 33.1 Å². The molecule has 0 aliphatic rings. The molecule has 0 saturated heterocycles. The molecule has 1 aromatic rings. The molecule has 0 aliphatic carbocycles. The number of esters is 1. The van der Waals surface area contributed by atoms with E-state index in [-0.39, 0.29) is 24.6 Å². The quantitative estimate of drug-likeness (QED) is 0.555. The first-order valence-electron chi connectivity index (χ1n) is 6.27. The van der Waals surface area contributed by atoms with Gasteiger partial charge in [-0.25, -0.2) is 4.68 Å². The van der Waals surface area contributed by atoms with Gasteiger partial charge < -0.3 is 9.47 Å². The van der Waals surface area contributed by atoms with Gasteiger partial charge in [0.15, 0.2) is 5.78 Å². The average molecular weight is 268 g/mol. The van der Waals surface area contributed by atoms with Crippen LogP contribution < -0.4 is 4.74 Å². The molecule has 0 radical (unpaired) electrons. The highest BCUT2D eigenvalue weighted by Crippen LogP contribution is 2.23. The van der Waals surface area contributed by atoms with Crippen LogP contribution in [0, 0.1) is 6.92 Å². The summed E-state index contributed by atoms with van der Waals surface area (Å²) in [5, 5.41) is 4.13. The predicted octanol–water partition coefficient (Wildman–Crippen LogP) is 1.65. The maximum absolute atomic E-state index is 12.1. The van der Waals surface area contributed by atoms with Crippen LogP contribution >= 0.6 is 0 Å². The van der Waals surface area contributed by atoms with E-state index in [2.05, 4.69) is 5.10 Å². The molecule has 1 rings (SSSR count). The number of carbonyl (C=O) groups excluding carboxylic acids is 2. The van der Waals surface area contributed by atoms with Crippen LogP contribution in [0.1, 0.15) is 42.2 Å². The Balaban J connectivity index is 2.66. The van der Waals surface area contributed by atoms with Crippen LogP contribution in [0.2, 0.25) is 0 Å². The lowest BCUT2D eigenvalue weighted by Gasteiger charge is -2.05. The predicted molar refractivity (Wildman–Crippen MR) is 69.3 cm³/mol. The Morgan fingerprint density at radius 2 is 2.00 bits per heavy atom. The number of ketones is 1. The standard InChI is InChI=1S/C13H20N2O4/c1-5-8-19-11(17)7-6-10(16)12-9(2)14-15(3)13(12)18-4/h5-8H2,1-4H3. The van der Waals surface area contributed by atoms with Gasteiger partial charge in [-0.05, 0) is 13.3 Å². The zero-order valence-electron chi connectivity index (χ0n) is 11.9. The molecule has 1 heterocycles. The van der Waals surface area contributed by atoms with Crippen molar-refractivity contribution in [2.75, 3.05) is 13.7 Å². The van der Waals surface area contributed by atoms with Gasteiger partial charge in [-0.1, -0.05) is 6.92 Å². The molecule has 0 aliphatic heterocycles. The normalized spacial score (nSPS) is 10.3. The van der Waals surface area contributed by atoms with Crippen LogP contribution in [0.15, 0.2) is 0 Å². The Morgan fingerprint density at radius 1 is 1.32 bits per heavy atom. The first-order chi connectivity index (χ1) is 9.01. The molecule has 0 atom stereocenters. The average Bonchev–Trinajstić information content (AvgIpc) is 2.67. The Kier molecular flexibility index (Phi) is 5.54. The fourth-order valence-electron chi connectivity index (χ4n) is 1.82. The highest BCUT2D eigenvalue weighted by Gasteiger charge is 2.21. The largest absolute Gasteiger partial charge is 0.481 e. The molecule has 0 bridgehead atoms. The van der Waals surface area contributed by atoms with Crippen molar-refractivity contribution in [2.24, 2.45) is 7.05 Å². The molecule has 6 nitrogen and oxygen atoms in total. The number of Topliss-reactive ketones (excluding diaryl/α,β-unsaturated/α-hetero) is 1. The molecule has 6 heteroatoms. The number of methoxy groups -OCH3 is 1. The number of aromatic nitrogens is 2. The number of nitrogens with zero attached hydrogens (tertiary/aromatic N) is 2. The van der Waals surface area contributed by atoms with E-state index in [9.17, 15) is 9.59 Å². The zero-order chi connectivity index (χ0) is 14.4. The molecule has 0 fully saturated rings. The number of hydrogen-bond acceptors (Lipinski definition) is 5. The van der Waals surface area contributed by atoms with Crippen molar-refractivity contribution in [3.8, 4) is 5.88 Å². The van der Waals surface area contributed by atoms with Gasteiger partial charge in [-0.3, -0.25) is 9.59 Å². The van der Waals surface area contributed by atoms with Gasteiger partial charge in [0.1, 0.15) is 5.56 Å². The lowest BCUT2D eigenvalue weighted by atomic mass is 10.1. The molecule has 0 aromatic carbocycles. The molecule has 0 saturated carbocycles. The minimum atomic E-state index is -0.351. The van der Waals surface area contributed by atoms with E-state index in [0.717, 1.165) is 6.42 Å². The van der Waals surface area contributed by atoms with E-state index in [0.29, 0.717) is 23.7 Å². The van der Waals surface area contributed by atoms with Crippen LogP contribution in [0.3, 0.4) is 0 Å². The summed E-state index contributed by atoms with van der Waals surface area (Å²) in [6, 6.07) is 0. The second kappa shape index (κ2) is 6.92. The van der Waals surface area contributed by atoms with Gasteiger partial charge >= 0.3 is 5.97 Å². The van der Waals surface area contributed by atoms with Gasteiger partial charge in [0.2, 0.25) is 5.88 Å². The summed E-state index contributed by atoms with van der Waals surface area (Å²) in [5.74, 6) is -0.0870. The second-order valence-electron chi connectivity index (χ2n) is 4.24. The molecule has 0 amide bonds. The topological polar surface area (TPSA) is 70.4 Å². The summed E-state index contributed by atoms with van der Waals surface area (Å²) < 4.78 is 11.6. The summed E-state index contributed by atoms with van der Waals surface area (Å²) >= 11 is 0. The fraction of sp³-hybridized carbons (Fsp3) is 0.615. The number of hydrogen-bond donors (Lipinski definition) is 0. The summed E-state index contributed by atoms with van der Waals surface area (Å²) in [6.45, 7) is 4.05. The fourth-order valence-corrected chi connectivity index (χ4v) is 1.82. The Morgan fingerprint density at radius 3 is 2.58 bits per heavy atom. The maximum Gasteiger partial charge on any atom is 0.306 e. The molecular weight excluding hydrogens is 248 g/mol. The minimum absolute atomic E-state index is 0.0797. The smallest absolute Gasteiger partial charge is 0.306 e. The number of aryl methyl sites for hydroxylation is 2. The lowest BCUT2D eigenvalue weighted by Crippen LogP contribution is -2.10. The van der Waals surface area contributed by atoms with Crippen LogP contribution in [-0.4, -0.2) is 35.2 Å². The van der Waals surface area contributed by atoms with Gasteiger partial charge in [-0.15, -0.1) is 0 Å². The van der Waals surface area contributed by atoms with E-state index in [1.165, 1.54) is 11.8 Å². The minimum Gasteiger partial charge on any atom is -0.481 e. The first-order valence-corrected chi connectivity index (χ1v) is 6.27. The Hall–Kier alpha value is -1.85. The van der Waals surface area contributed by atoms with E-state index >= 15 is 0 Å². The summed E-state index contributed by atoms with van der Waals surface area (Å²) in [4.78, 5) is 23.5. The molecule has 0 spiro atoms. The third-order valence-corrected chi connectivity index (χ3v) is 2.67. The monoisotopic (exact) mass is 268 g/mol. The van der Waals surface area contributed by atoms with Crippen molar-refractivity contribution >= 4 is 11.8 Å². The molecule has 0 N–H and O–H groups in total. The van der Waals surface area contributed by atoms with E-state index in [4.69, 9.17) is 9.47 Å².